The van der Waals surface area contributed by atoms with Gasteiger partial charge in [-0.2, -0.15) is 5.10 Å². The lowest BCUT2D eigenvalue weighted by atomic mass is 10.1. The van der Waals surface area contributed by atoms with Crippen LogP contribution in [-0.4, -0.2) is 29.8 Å². The second-order valence-corrected chi connectivity index (χ2v) is 4.82. The van der Waals surface area contributed by atoms with Gasteiger partial charge in [-0.05, 0) is 36.8 Å². The van der Waals surface area contributed by atoms with Crippen LogP contribution in [0, 0.1) is 6.92 Å². The lowest BCUT2D eigenvalue weighted by Gasteiger charge is -2.05. The Balaban J connectivity index is 1.79. The van der Waals surface area contributed by atoms with E-state index in [4.69, 9.17) is 9.84 Å². The molecule has 0 fully saturated rings. The molecule has 0 aliphatic carbocycles. The van der Waals surface area contributed by atoms with Gasteiger partial charge in [0.15, 0.2) is 6.61 Å². The average molecular weight is 312 g/mol. The molecule has 0 saturated carbocycles. The number of carboxylic acids is 1. The molecule has 6 heteroatoms. The van der Waals surface area contributed by atoms with E-state index >= 15 is 0 Å². The van der Waals surface area contributed by atoms with Crippen LogP contribution in [0.25, 0.3) is 0 Å². The second kappa shape index (κ2) is 7.74. The highest BCUT2D eigenvalue weighted by molar-refractivity contribution is 5.89. The number of ether oxygens (including phenoxy) is 1. The lowest BCUT2D eigenvalue weighted by molar-refractivity contribution is -0.123. The quantitative estimate of drug-likeness (QED) is 0.632. The Morgan fingerprint density at radius 1 is 1.13 bits per heavy atom. The smallest absolute Gasteiger partial charge is 0.335 e. The Morgan fingerprint density at radius 2 is 1.78 bits per heavy atom. The predicted molar refractivity (Wildman–Crippen MR) is 85.8 cm³/mol. The summed E-state index contributed by atoms with van der Waals surface area (Å²) in [5.41, 5.74) is 4.32. The van der Waals surface area contributed by atoms with Gasteiger partial charge in [0.25, 0.3) is 5.91 Å². The van der Waals surface area contributed by atoms with E-state index in [-0.39, 0.29) is 18.1 Å². The van der Waals surface area contributed by atoms with Gasteiger partial charge in [0, 0.05) is 0 Å². The Morgan fingerprint density at radius 3 is 2.39 bits per heavy atom. The fraction of sp³-hybridized carbons (Fsp3) is 0.118. The average Bonchev–Trinajstić information content (AvgIpc) is 2.55. The molecule has 6 nitrogen and oxygen atoms in total. The summed E-state index contributed by atoms with van der Waals surface area (Å²) in [5.74, 6) is -0.766. The number of rotatable bonds is 6. The molecule has 0 atom stereocenters. The standard InChI is InChI=1S/C17H16N2O4/c1-12-2-8-15(9-3-12)23-11-16(20)19-18-10-13-4-6-14(7-5-13)17(21)22/h2-10H,11H2,1H3,(H,19,20)(H,21,22)/b18-10+. The number of carboxylic acid groups (broad SMARTS) is 1. The maximum Gasteiger partial charge on any atom is 0.335 e. The summed E-state index contributed by atoms with van der Waals surface area (Å²) >= 11 is 0. The number of nitrogens with zero attached hydrogens (tertiary/aromatic N) is 1. The van der Waals surface area contributed by atoms with Crippen molar-refractivity contribution in [2.24, 2.45) is 5.10 Å². The van der Waals surface area contributed by atoms with Crippen LogP contribution in [0.5, 0.6) is 5.75 Å². The van der Waals surface area contributed by atoms with Crippen molar-refractivity contribution in [3.63, 3.8) is 0 Å². The fourth-order valence-corrected chi connectivity index (χ4v) is 1.71. The Bertz CT molecular complexity index is 706. The van der Waals surface area contributed by atoms with Gasteiger partial charge >= 0.3 is 5.97 Å². The van der Waals surface area contributed by atoms with Gasteiger partial charge in [-0.25, -0.2) is 10.2 Å². The molecule has 2 N–H and O–H groups in total. The van der Waals surface area contributed by atoms with Crippen molar-refractivity contribution in [1.29, 1.82) is 0 Å². The first-order valence-corrected chi connectivity index (χ1v) is 6.89. The molecule has 2 aromatic carbocycles. The van der Waals surface area contributed by atoms with Crippen LogP contribution in [-0.2, 0) is 4.79 Å². The number of hydrogen-bond donors (Lipinski definition) is 2. The van der Waals surface area contributed by atoms with Crippen molar-refractivity contribution in [3.8, 4) is 5.75 Å². The Hall–Kier alpha value is -3.15. The molecule has 0 aliphatic rings. The summed E-state index contributed by atoms with van der Waals surface area (Å²) in [4.78, 5) is 22.3. The van der Waals surface area contributed by atoms with Crippen molar-refractivity contribution in [3.05, 3.63) is 65.2 Å². The van der Waals surface area contributed by atoms with E-state index < -0.39 is 5.97 Å². The molecule has 0 spiro atoms. The van der Waals surface area contributed by atoms with Gasteiger partial charge in [0.05, 0.1) is 11.8 Å². The van der Waals surface area contributed by atoms with Crippen LogP contribution in [0.4, 0.5) is 0 Å². The van der Waals surface area contributed by atoms with Crippen LogP contribution < -0.4 is 10.2 Å². The monoisotopic (exact) mass is 312 g/mol. The minimum atomic E-state index is -0.991. The highest BCUT2D eigenvalue weighted by atomic mass is 16.5. The third-order valence-electron chi connectivity index (χ3n) is 2.95. The molecule has 0 radical (unpaired) electrons. The van der Waals surface area contributed by atoms with Gasteiger partial charge in [0.2, 0.25) is 0 Å². The first-order valence-electron chi connectivity index (χ1n) is 6.89. The number of aromatic carboxylic acids is 1. The van der Waals surface area contributed by atoms with Gasteiger partial charge in [0.1, 0.15) is 5.75 Å². The van der Waals surface area contributed by atoms with Crippen molar-refractivity contribution in [2.45, 2.75) is 6.92 Å². The topological polar surface area (TPSA) is 88.0 Å². The summed E-state index contributed by atoms with van der Waals surface area (Å²) in [6.45, 7) is 1.83. The van der Waals surface area contributed by atoms with Gasteiger partial charge in [-0.3, -0.25) is 4.79 Å². The number of benzene rings is 2. The maximum absolute atomic E-state index is 11.6. The summed E-state index contributed by atoms with van der Waals surface area (Å²) in [6.07, 6.45) is 1.43. The molecule has 0 unspecified atom stereocenters. The highest BCUT2D eigenvalue weighted by Gasteiger charge is 2.02. The molecular weight excluding hydrogens is 296 g/mol. The molecule has 1 amide bonds. The fourth-order valence-electron chi connectivity index (χ4n) is 1.71. The summed E-state index contributed by atoms with van der Waals surface area (Å²) in [6, 6.07) is 13.5. The van der Waals surface area contributed by atoms with Crippen LogP contribution in [0.1, 0.15) is 21.5 Å². The predicted octanol–water partition coefficient (Wildman–Crippen LogP) is 2.22. The Kier molecular flexibility index (Phi) is 5.46. The summed E-state index contributed by atoms with van der Waals surface area (Å²) in [7, 11) is 0. The minimum Gasteiger partial charge on any atom is -0.484 e. The summed E-state index contributed by atoms with van der Waals surface area (Å²) < 4.78 is 5.32. The number of nitrogens with one attached hydrogen (secondary N) is 1. The molecule has 0 saturated heterocycles. The maximum atomic E-state index is 11.6. The largest absolute Gasteiger partial charge is 0.484 e. The number of amides is 1. The number of aryl methyl sites for hydroxylation is 1. The molecule has 0 aliphatic heterocycles. The molecule has 2 rings (SSSR count). The second-order valence-electron chi connectivity index (χ2n) is 4.82. The number of hydrogen-bond acceptors (Lipinski definition) is 4. The molecule has 2 aromatic rings. The minimum absolute atomic E-state index is 0.141. The van der Waals surface area contributed by atoms with Gasteiger partial charge < -0.3 is 9.84 Å². The van der Waals surface area contributed by atoms with E-state index in [1.165, 1.54) is 18.3 Å². The molecular formula is C17H16N2O4. The zero-order chi connectivity index (χ0) is 16.7. The first kappa shape index (κ1) is 16.2. The summed E-state index contributed by atoms with van der Waals surface area (Å²) in [5, 5.41) is 12.6. The van der Waals surface area contributed by atoms with E-state index in [1.807, 2.05) is 19.1 Å². The third kappa shape index (κ3) is 5.28. The Labute approximate surface area is 133 Å². The zero-order valence-electron chi connectivity index (χ0n) is 12.5. The lowest BCUT2D eigenvalue weighted by Crippen LogP contribution is -2.24. The van der Waals surface area contributed by atoms with Crippen LogP contribution >= 0.6 is 0 Å². The van der Waals surface area contributed by atoms with Crippen molar-refractivity contribution >= 4 is 18.1 Å². The molecule has 23 heavy (non-hydrogen) atoms. The van der Waals surface area contributed by atoms with Gasteiger partial charge in [-0.15, -0.1) is 0 Å². The number of hydrazone groups is 1. The first-order chi connectivity index (χ1) is 11.0. The number of carbonyl (C=O) groups is 2. The SMILES string of the molecule is Cc1ccc(OCC(=O)N/N=C/c2ccc(C(=O)O)cc2)cc1. The van der Waals surface area contributed by atoms with Crippen LogP contribution in [0.3, 0.4) is 0 Å². The van der Waals surface area contributed by atoms with E-state index in [9.17, 15) is 9.59 Å². The van der Waals surface area contributed by atoms with Crippen LogP contribution in [0.2, 0.25) is 0 Å². The normalized spacial score (nSPS) is 10.5. The van der Waals surface area contributed by atoms with Crippen molar-refractivity contribution in [2.75, 3.05) is 6.61 Å². The molecule has 0 bridgehead atoms. The molecule has 118 valence electrons. The van der Waals surface area contributed by atoms with Crippen molar-refractivity contribution < 1.29 is 19.4 Å². The van der Waals surface area contributed by atoms with Crippen LogP contribution in [0.15, 0.2) is 53.6 Å². The molecule has 0 aromatic heterocycles. The van der Waals surface area contributed by atoms with Crippen molar-refractivity contribution in [1.82, 2.24) is 5.43 Å². The zero-order valence-corrected chi connectivity index (χ0v) is 12.5. The third-order valence-corrected chi connectivity index (χ3v) is 2.95. The molecule has 0 heterocycles. The van der Waals surface area contributed by atoms with Gasteiger partial charge in [-0.1, -0.05) is 29.8 Å². The van der Waals surface area contributed by atoms with E-state index in [0.717, 1.165) is 5.56 Å². The van der Waals surface area contributed by atoms with E-state index in [2.05, 4.69) is 10.5 Å². The van der Waals surface area contributed by atoms with E-state index in [1.54, 1.807) is 24.3 Å². The number of carbonyl (C=O) groups excluding carboxylic acids is 1. The van der Waals surface area contributed by atoms with E-state index in [0.29, 0.717) is 11.3 Å². The highest BCUT2D eigenvalue weighted by Crippen LogP contribution is 2.10.